The van der Waals surface area contributed by atoms with E-state index in [0.717, 1.165) is 42.4 Å². The Morgan fingerprint density at radius 2 is 1.82 bits per heavy atom. The highest BCUT2D eigenvalue weighted by atomic mass is 35.5. The molecular formula is C30H49ClO3. The number of esters is 1. The van der Waals surface area contributed by atoms with Crippen LogP contribution in [0.2, 0.25) is 0 Å². The Morgan fingerprint density at radius 1 is 1.09 bits per heavy atom. The molecule has 3 nitrogen and oxygen atoms in total. The molecule has 0 bridgehead atoms. The molecule has 194 valence electrons. The Morgan fingerprint density at radius 3 is 2.50 bits per heavy atom. The minimum absolute atomic E-state index is 0.101. The summed E-state index contributed by atoms with van der Waals surface area (Å²) < 4.78 is 5.21. The molecule has 0 heterocycles. The minimum atomic E-state index is -1.42. The van der Waals surface area contributed by atoms with E-state index in [1.54, 1.807) is 6.92 Å². The average molecular weight is 493 g/mol. The summed E-state index contributed by atoms with van der Waals surface area (Å²) >= 11 is 5.88. The summed E-state index contributed by atoms with van der Waals surface area (Å²) in [6, 6.07) is 0. The van der Waals surface area contributed by atoms with Gasteiger partial charge in [0.1, 0.15) is 0 Å². The summed E-state index contributed by atoms with van der Waals surface area (Å²) in [5, 5.41) is 11.2. The molecule has 9 atom stereocenters. The topological polar surface area (TPSA) is 46.5 Å². The molecule has 0 saturated heterocycles. The molecule has 3 fully saturated rings. The van der Waals surface area contributed by atoms with Crippen LogP contribution in [0.1, 0.15) is 112 Å². The molecule has 1 unspecified atom stereocenters. The van der Waals surface area contributed by atoms with Crippen molar-refractivity contribution in [1.29, 1.82) is 0 Å². The van der Waals surface area contributed by atoms with E-state index < -0.39 is 17.1 Å². The van der Waals surface area contributed by atoms with Crippen molar-refractivity contribution in [3.63, 3.8) is 0 Å². The Labute approximate surface area is 213 Å². The zero-order valence-electron chi connectivity index (χ0n) is 22.5. The highest BCUT2D eigenvalue weighted by Crippen LogP contribution is 2.67. The van der Waals surface area contributed by atoms with E-state index in [1.807, 2.05) is 0 Å². The fourth-order valence-corrected chi connectivity index (χ4v) is 9.18. The molecule has 1 N–H and O–H groups in total. The van der Waals surface area contributed by atoms with Gasteiger partial charge in [0.2, 0.25) is 0 Å². The standard InChI is InChI=1S/C30H49ClO3/c1-19(2)8-7-9-20(3)24-12-13-25-23-11-10-22-18-30(33,27(32)34-21(4)31)17-16-28(22,5)26(23)14-15-29(24,25)6/h10,19-21,23-26,33H,7-9,11-18H2,1-6H3/t20-,21?,23+,24-,25+,26+,28+,29-,30+/m1/s1. The Hall–Kier alpha value is -0.540. The molecule has 4 heteroatoms. The summed E-state index contributed by atoms with van der Waals surface area (Å²) in [7, 11) is 0. The molecule has 0 aromatic heterocycles. The predicted molar refractivity (Wildman–Crippen MR) is 139 cm³/mol. The molecule has 4 aliphatic rings. The van der Waals surface area contributed by atoms with Gasteiger partial charge in [-0.3, -0.25) is 0 Å². The van der Waals surface area contributed by atoms with Gasteiger partial charge in [-0.05, 0) is 98.2 Å². The number of aliphatic hydroxyl groups is 1. The number of hydrogen-bond donors (Lipinski definition) is 1. The lowest BCUT2D eigenvalue weighted by Gasteiger charge is -2.59. The van der Waals surface area contributed by atoms with Crippen LogP contribution in [-0.2, 0) is 9.53 Å². The van der Waals surface area contributed by atoms with E-state index in [9.17, 15) is 9.90 Å². The third-order valence-electron chi connectivity index (χ3n) is 11.0. The van der Waals surface area contributed by atoms with Crippen LogP contribution in [0.3, 0.4) is 0 Å². The van der Waals surface area contributed by atoms with Crippen LogP contribution in [0.4, 0.5) is 0 Å². The maximum atomic E-state index is 12.6. The summed E-state index contributed by atoms with van der Waals surface area (Å²) in [4.78, 5) is 12.6. The van der Waals surface area contributed by atoms with E-state index in [-0.39, 0.29) is 5.41 Å². The van der Waals surface area contributed by atoms with Gasteiger partial charge in [-0.2, -0.15) is 0 Å². The van der Waals surface area contributed by atoms with Crippen LogP contribution in [0.15, 0.2) is 11.6 Å². The van der Waals surface area contributed by atoms with Crippen LogP contribution in [0.5, 0.6) is 0 Å². The van der Waals surface area contributed by atoms with Gasteiger partial charge in [-0.1, -0.05) is 77.1 Å². The van der Waals surface area contributed by atoms with Gasteiger partial charge in [0.25, 0.3) is 0 Å². The minimum Gasteiger partial charge on any atom is -0.444 e. The molecular weight excluding hydrogens is 444 g/mol. The van der Waals surface area contributed by atoms with E-state index in [4.69, 9.17) is 16.3 Å². The molecule has 34 heavy (non-hydrogen) atoms. The zero-order chi connectivity index (χ0) is 24.9. The van der Waals surface area contributed by atoms with Crippen LogP contribution in [-0.4, -0.2) is 22.2 Å². The average Bonchev–Trinajstić information content (AvgIpc) is 3.11. The number of alkyl halides is 1. The number of halogens is 1. The largest absolute Gasteiger partial charge is 0.444 e. The van der Waals surface area contributed by atoms with Gasteiger partial charge in [0.15, 0.2) is 11.2 Å². The van der Waals surface area contributed by atoms with Gasteiger partial charge < -0.3 is 9.84 Å². The van der Waals surface area contributed by atoms with Crippen molar-refractivity contribution in [2.45, 2.75) is 123 Å². The van der Waals surface area contributed by atoms with Crippen molar-refractivity contribution >= 4 is 17.6 Å². The number of fused-ring (bicyclic) bond motifs is 5. The van der Waals surface area contributed by atoms with E-state index >= 15 is 0 Å². The predicted octanol–water partition coefficient (Wildman–Crippen LogP) is 7.89. The Balaban J connectivity index is 1.48. The first-order valence-corrected chi connectivity index (χ1v) is 14.6. The lowest BCUT2D eigenvalue weighted by atomic mass is 9.46. The maximum Gasteiger partial charge on any atom is 0.339 e. The van der Waals surface area contributed by atoms with Crippen molar-refractivity contribution in [3.8, 4) is 0 Å². The quantitative estimate of drug-likeness (QED) is 0.223. The smallest absolute Gasteiger partial charge is 0.339 e. The number of allylic oxidation sites excluding steroid dienone is 1. The molecule has 0 spiro atoms. The van der Waals surface area contributed by atoms with Gasteiger partial charge in [-0.25, -0.2) is 4.79 Å². The molecule has 4 aliphatic carbocycles. The normalized spacial score (nSPS) is 43.4. The highest BCUT2D eigenvalue weighted by Gasteiger charge is 2.60. The van der Waals surface area contributed by atoms with Gasteiger partial charge in [0, 0.05) is 6.42 Å². The third kappa shape index (κ3) is 4.62. The van der Waals surface area contributed by atoms with E-state index in [0.29, 0.717) is 24.2 Å². The molecule has 0 aliphatic heterocycles. The first-order valence-electron chi connectivity index (χ1n) is 14.2. The van der Waals surface area contributed by atoms with Gasteiger partial charge in [0.05, 0.1) is 0 Å². The SMILES string of the molecule is CC(C)CCC[C@@H](C)[C@H]1CC[C@H]2[C@@H]3CC=C4C[C@](O)(C(=O)OC(C)Cl)CC[C@]4(C)[C@H]3CC[C@]12C. The molecule has 0 aromatic rings. The monoisotopic (exact) mass is 492 g/mol. The lowest BCUT2D eigenvalue weighted by molar-refractivity contribution is -0.172. The number of rotatable bonds is 7. The van der Waals surface area contributed by atoms with Crippen LogP contribution >= 0.6 is 11.6 Å². The van der Waals surface area contributed by atoms with Crippen LogP contribution < -0.4 is 0 Å². The second-order valence-corrected chi connectivity index (χ2v) is 14.1. The van der Waals surface area contributed by atoms with Crippen molar-refractivity contribution in [2.75, 3.05) is 0 Å². The number of carbonyl (C=O) groups excluding carboxylic acids is 1. The lowest BCUT2D eigenvalue weighted by Crippen LogP contribution is -2.54. The maximum absolute atomic E-state index is 12.6. The van der Waals surface area contributed by atoms with Crippen molar-refractivity contribution in [3.05, 3.63) is 11.6 Å². The van der Waals surface area contributed by atoms with E-state index in [2.05, 4.69) is 40.7 Å². The number of hydrogen-bond acceptors (Lipinski definition) is 3. The fourth-order valence-electron chi connectivity index (χ4n) is 9.10. The highest BCUT2D eigenvalue weighted by molar-refractivity contribution is 6.20. The van der Waals surface area contributed by atoms with Gasteiger partial charge in [-0.15, -0.1) is 0 Å². The Kier molecular flexibility index (Phi) is 7.59. The molecule has 0 aromatic carbocycles. The van der Waals surface area contributed by atoms with Gasteiger partial charge >= 0.3 is 5.97 Å². The number of ether oxygens (including phenoxy) is 1. The fraction of sp³-hybridized carbons (Fsp3) is 0.900. The van der Waals surface area contributed by atoms with Crippen molar-refractivity contribution < 1.29 is 14.6 Å². The second-order valence-electron chi connectivity index (χ2n) is 13.4. The summed E-state index contributed by atoms with van der Waals surface area (Å²) in [6.45, 7) is 13.9. The summed E-state index contributed by atoms with van der Waals surface area (Å²) in [5.74, 6) is 4.20. The summed E-state index contributed by atoms with van der Waals surface area (Å²) in [5.41, 5.74) is -0.260. The number of carbonyl (C=O) groups is 1. The first kappa shape index (κ1) is 26.5. The van der Waals surface area contributed by atoms with Crippen molar-refractivity contribution in [2.24, 2.45) is 46.3 Å². The van der Waals surface area contributed by atoms with Crippen LogP contribution in [0, 0.1) is 46.3 Å². The second kappa shape index (κ2) is 9.73. The van der Waals surface area contributed by atoms with Crippen LogP contribution in [0.25, 0.3) is 0 Å². The summed E-state index contributed by atoms with van der Waals surface area (Å²) in [6.07, 6.45) is 14.8. The molecule has 4 rings (SSSR count). The zero-order valence-corrected chi connectivity index (χ0v) is 23.3. The molecule has 0 amide bonds. The van der Waals surface area contributed by atoms with Crippen molar-refractivity contribution in [1.82, 2.24) is 0 Å². The molecule has 0 radical (unpaired) electrons. The van der Waals surface area contributed by atoms with E-state index in [1.165, 1.54) is 50.5 Å². The third-order valence-corrected chi connectivity index (χ3v) is 11.1. The molecule has 3 saturated carbocycles. The first-order chi connectivity index (χ1) is 15.9. The Bertz CT molecular complexity index is 790.